The number of nitrogens with zero attached hydrogens (tertiary/aromatic N) is 2. The van der Waals surface area contributed by atoms with E-state index in [0.717, 1.165) is 24.8 Å². The van der Waals surface area contributed by atoms with Gasteiger partial charge in [0.25, 0.3) is 11.5 Å². The molecule has 6 nitrogen and oxygen atoms in total. The Hall–Kier alpha value is -2.67. The normalized spacial score (nSPS) is 11.1. The molecule has 2 N–H and O–H groups in total. The lowest BCUT2D eigenvalue weighted by Gasteiger charge is -2.07. The van der Waals surface area contributed by atoms with E-state index in [-0.39, 0.29) is 17.2 Å². The monoisotopic (exact) mass is 385 g/mol. The second kappa shape index (κ2) is 7.92. The Morgan fingerprint density at radius 2 is 2.07 bits per heavy atom. The quantitative estimate of drug-likeness (QED) is 0.491. The van der Waals surface area contributed by atoms with Crippen molar-refractivity contribution in [2.24, 2.45) is 0 Å². The van der Waals surface area contributed by atoms with Crippen LogP contribution in [0, 0.1) is 13.8 Å². The lowest BCUT2D eigenvalue weighted by molar-refractivity contribution is 0.102. The highest BCUT2D eigenvalue weighted by molar-refractivity contribution is 7.20. The van der Waals surface area contributed by atoms with Gasteiger partial charge < -0.3 is 10.4 Å². The third-order valence-electron chi connectivity index (χ3n) is 4.53. The van der Waals surface area contributed by atoms with Crippen LogP contribution in [-0.2, 0) is 6.54 Å². The summed E-state index contributed by atoms with van der Waals surface area (Å²) in [5.74, 6) is -0.350. The fourth-order valence-corrected chi connectivity index (χ4v) is 4.03. The molecule has 0 saturated heterocycles. The zero-order valence-corrected chi connectivity index (χ0v) is 16.5. The first-order valence-electron chi connectivity index (χ1n) is 9.02. The van der Waals surface area contributed by atoms with Gasteiger partial charge in [-0.25, -0.2) is 4.98 Å². The predicted octanol–water partition coefficient (Wildman–Crippen LogP) is 4.22. The Morgan fingerprint density at radius 1 is 1.30 bits per heavy atom. The summed E-state index contributed by atoms with van der Waals surface area (Å²) in [5, 5.41) is 13.2. The van der Waals surface area contributed by atoms with Gasteiger partial charge in [0.1, 0.15) is 10.6 Å². The molecule has 2 aromatic heterocycles. The van der Waals surface area contributed by atoms with Gasteiger partial charge in [0, 0.05) is 6.54 Å². The Morgan fingerprint density at radius 3 is 2.81 bits per heavy atom. The first kappa shape index (κ1) is 19.1. The van der Waals surface area contributed by atoms with Gasteiger partial charge in [0.15, 0.2) is 0 Å². The van der Waals surface area contributed by atoms with Crippen LogP contribution in [0.15, 0.2) is 29.3 Å². The van der Waals surface area contributed by atoms with Crippen LogP contribution in [0.25, 0.3) is 10.2 Å². The van der Waals surface area contributed by atoms with Gasteiger partial charge >= 0.3 is 0 Å². The van der Waals surface area contributed by atoms with Crippen LogP contribution in [0.1, 0.15) is 47.0 Å². The summed E-state index contributed by atoms with van der Waals surface area (Å²) in [6.45, 7) is 6.39. The van der Waals surface area contributed by atoms with Crippen molar-refractivity contribution in [3.63, 3.8) is 0 Å². The van der Waals surface area contributed by atoms with E-state index in [0.29, 0.717) is 32.9 Å². The minimum atomic E-state index is -0.353. The number of thiophene rings is 1. The molecule has 0 bridgehead atoms. The topological polar surface area (TPSA) is 84.2 Å². The van der Waals surface area contributed by atoms with Crippen molar-refractivity contribution < 1.29 is 9.90 Å². The zero-order chi connectivity index (χ0) is 19.6. The van der Waals surface area contributed by atoms with Gasteiger partial charge in [-0.3, -0.25) is 14.2 Å². The number of carbonyl (C=O) groups is 1. The van der Waals surface area contributed by atoms with Crippen molar-refractivity contribution in [1.82, 2.24) is 9.55 Å². The molecule has 0 spiro atoms. The standard InChI is InChI=1S/C20H23N3O3S/c1-4-5-6-9-23-11-21-19-16(20(23)26)13(3)17(27-19)18(25)22-14-10-12(2)7-8-15(14)24/h7-8,10-11,24H,4-6,9H2,1-3H3,(H,22,25). The van der Waals surface area contributed by atoms with Crippen molar-refractivity contribution in [3.8, 4) is 5.75 Å². The maximum atomic E-state index is 12.8. The number of fused-ring (bicyclic) bond motifs is 1. The van der Waals surface area contributed by atoms with Crippen LogP contribution in [-0.4, -0.2) is 20.6 Å². The molecule has 7 heteroatoms. The number of nitrogens with one attached hydrogen (secondary N) is 1. The largest absolute Gasteiger partial charge is 0.506 e. The Bertz CT molecular complexity index is 1050. The van der Waals surface area contributed by atoms with Gasteiger partial charge in [0.2, 0.25) is 0 Å². The van der Waals surface area contributed by atoms with Crippen molar-refractivity contribution in [2.75, 3.05) is 5.32 Å². The fourth-order valence-electron chi connectivity index (χ4n) is 3.00. The van der Waals surface area contributed by atoms with Crippen molar-refractivity contribution in [2.45, 2.75) is 46.6 Å². The molecule has 0 aliphatic rings. The molecule has 0 unspecified atom stereocenters. The third kappa shape index (κ3) is 3.88. The molecule has 0 aliphatic heterocycles. The van der Waals surface area contributed by atoms with Gasteiger partial charge in [-0.05, 0) is 43.5 Å². The summed E-state index contributed by atoms with van der Waals surface area (Å²) in [6.07, 6.45) is 4.62. The summed E-state index contributed by atoms with van der Waals surface area (Å²) in [6, 6.07) is 5.01. The first-order valence-corrected chi connectivity index (χ1v) is 9.83. The van der Waals surface area contributed by atoms with Gasteiger partial charge in [-0.1, -0.05) is 25.8 Å². The summed E-state index contributed by atoms with van der Waals surface area (Å²) in [4.78, 5) is 30.9. The number of aryl methyl sites for hydroxylation is 3. The molecule has 0 saturated carbocycles. The Kier molecular flexibility index (Phi) is 5.60. The van der Waals surface area contributed by atoms with Crippen LogP contribution in [0.5, 0.6) is 5.75 Å². The SMILES string of the molecule is CCCCCn1cnc2sc(C(=O)Nc3cc(C)ccc3O)c(C)c2c1=O. The van der Waals surface area contributed by atoms with Crippen LogP contribution >= 0.6 is 11.3 Å². The molecule has 0 radical (unpaired) electrons. The number of carbonyl (C=O) groups excluding carboxylic acids is 1. The second-order valence-corrected chi connectivity index (χ2v) is 7.66. The zero-order valence-electron chi connectivity index (χ0n) is 15.7. The molecule has 3 rings (SSSR count). The van der Waals surface area contributed by atoms with Crippen LogP contribution in [0.4, 0.5) is 5.69 Å². The molecule has 27 heavy (non-hydrogen) atoms. The average molecular weight is 385 g/mol. The number of anilines is 1. The van der Waals surface area contributed by atoms with Gasteiger partial charge in [0.05, 0.1) is 22.3 Å². The predicted molar refractivity (Wildman–Crippen MR) is 109 cm³/mol. The van der Waals surface area contributed by atoms with Crippen molar-refractivity contribution in [1.29, 1.82) is 0 Å². The first-order chi connectivity index (χ1) is 12.9. The van der Waals surface area contributed by atoms with E-state index in [9.17, 15) is 14.7 Å². The van der Waals surface area contributed by atoms with Gasteiger partial charge in [-0.2, -0.15) is 0 Å². The van der Waals surface area contributed by atoms with Crippen LogP contribution in [0.2, 0.25) is 0 Å². The number of unbranched alkanes of at least 4 members (excludes halogenated alkanes) is 2. The minimum Gasteiger partial charge on any atom is -0.506 e. The third-order valence-corrected chi connectivity index (χ3v) is 5.72. The Balaban J connectivity index is 1.94. The van der Waals surface area contributed by atoms with E-state index in [2.05, 4.69) is 17.2 Å². The van der Waals surface area contributed by atoms with E-state index in [1.165, 1.54) is 11.3 Å². The molecule has 142 valence electrons. The van der Waals surface area contributed by atoms with Crippen LogP contribution in [0.3, 0.4) is 0 Å². The smallest absolute Gasteiger partial charge is 0.266 e. The second-order valence-electron chi connectivity index (χ2n) is 6.66. The number of phenols is 1. The number of aromatic nitrogens is 2. The highest BCUT2D eigenvalue weighted by Gasteiger charge is 2.20. The number of benzene rings is 1. The molecule has 0 aliphatic carbocycles. The molecular formula is C20H23N3O3S. The average Bonchev–Trinajstić information content (AvgIpc) is 2.98. The highest BCUT2D eigenvalue weighted by Crippen LogP contribution is 2.29. The summed E-state index contributed by atoms with van der Waals surface area (Å²) in [7, 11) is 0. The summed E-state index contributed by atoms with van der Waals surface area (Å²) in [5.41, 5.74) is 1.79. The molecule has 0 atom stereocenters. The fraction of sp³-hybridized carbons (Fsp3) is 0.350. The maximum Gasteiger partial charge on any atom is 0.266 e. The number of hydrogen-bond acceptors (Lipinski definition) is 5. The molecule has 2 heterocycles. The lowest BCUT2D eigenvalue weighted by atomic mass is 10.2. The number of amides is 1. The number of hydrogen-bond donors (Lipinski definition) is 2. The number of rotatable bonds is 6. The molecule has 0 fully saturated rings. The number of phenolic OH excluding ortho intramolecular Hbond substituents is 1. The van der Waals surface area contributed by atoms with Gasteiger partial charge in [-0.15, -0.1) is 11.3 Å². The Labute approximate surface area is 161 Å². The van der Waals surface area contributed by atoms with Crippen LogP contribution < -0.4 is 10.9 Å². The van der Waals surface area contributed by atoms with E-state index < -0.39 is 0 Å². The molecular weight excluding hydrogens is 362 g/mol. The molecule has 1 amide bonds. The summed E-state index contributed by atoms with van der Waals surface area (Å²) < 4.78 is 1.62. The van der Waals surface area contributed by atoms with Crippen molar-refractivity contribution >= 4 is 33.1 Å². The van der Waals surface area contributed by atoms with E-state index >= 15 is 0 Å². The van der Waals surface area contributed by atoms with Crippen molar-refractivity contribution in [3.05, 3.63) is 50.9 Å². The maximum absolute atomic E-state index is 12.8. The van der Waals surface area contributed by atoms with E-state index in [1.807, 2.05) is 6.92 Å². The molecule has 3 aromatic rings. The minimum absolute atomic E-state index is 0.00381. The van der Waals surface area contributed by atoms with E-state index in [1.54, 1.807) is 36.0 Å². The number of aromatic hydroxyl groups is 1. The summed E-state index contributed by atoms with van der Waals surface area (Å²) >= 11 is 1.19. The molecule has 1 aromatic carbocycles. The highest BCUT2D eigenvalue weighted by atomic mass is 32.1. The van der Waals surface area contributed by atoms with E-state index in [4.69, 9.17) is 0 Å². The lowest BCUT2D eigenvalue weighted by Crippen LogP contribution is -2.20.